The predicted octanol–water partition coefficient (Wildman–Crippen LogP) is 4.65. The predicted molar refractivity (Wildman–Crippen MR) is 77.6 cm³/mol. The molecule has 0 aliphatic rings. The molecule has 2 rings (SSSR count). The van der Waals surface area contributed by atoms with Crippen LogP contribution in [0.1, 0.15) is 24.5 Å². The topological polar surface area (TPSA) is 9.23 Å². The molecule has 0 aromatic heterocycles. The molecule has 0 bridgehead atoms. The van der Waals surface area contributed by atoms with Gasteiger partial charge in [0.15, 0.2) is 0 Å². The molecular formula is C17H18O. The number of benzene rings is 2. The van der Waals surface area contributed by atoms with Gasteiger partial charge in [-0.05, 0) is 35.3 Å². The highest BCUT2D eigenvalue weighted by Crippen LogP contribution is 2.22. The van der Waals surface area contributed by atoms with E-state index >= 15 is 0 Å². The molecule has 0 spiro atoms. The summed E-state index contributed by atoms with van der Waals surface area (Å²) in [6.45, 7) is 2.18. The lowest BCUT2D eigenvalue weighted by Gasteiger charge is -2.06. The van der Waals surface area contributed by atoms with Crippen molar-refractivity contribution in [3.05, 3.63) is 65.7 Å². The fourth-order valence-corrected chi connectivity index (χ4v) is 1.94. The smallest absolute Gasteiger partial charge is 0.118 e. The summed E-state index contributed by atoms with van der Waals surface area (Å²) in [6.07, 6.45) is 3.25. The van der Waals surface area contributed by atoms with Crippen LogP contribution < -0.4 is 4.74 Å². The molecule has 0 aliphatic carbocycles. The van der Waals surface area contributed by atoms with Gasteiger partial charge in [0, 0.05) is 0 Å². The lowest BCUT2D eigenvalue weighted by Crippen LogP contribution is -1.84. The summed E-state index contributed by atoms with van der Waals surface area (Å²) in [4.78, 5) is 0. The van der Waals surface area contributed by atoms with E-state index in [0.717, 1.165) is 12.2 Å². The fraction of sp³-hybridized carbons (Fsp3) is 0.176. The first kappa shape index (κ1) is 12.4. The van der Waals surface area contributed by atoms with E-state index < -0.39 is 0 Å². The molecule has 0 atom stereocenters. The highest BCUT2D eigenvalue weighted by atomic mass is 16.5. The van der Waals surface area contributed by atoms with Gasteiger partial charge in [-0.2, -0.15) is 0 Å². The largest absolute Gasteiger partial charge is 0.497 e. The van der Waals surface area contributed by atoms with Crippen LogP contribution in [0.15, 0.2) is 54.6 Å². The summed E-state index contributed by atoms with van der Waals surface area (Å²) < 4.78 is 5.16. The Morgan fingerprint density at radius 2 is 1.67 bits per heavy atom. The third-order valence-electron chi connectivity index (χ3n) is 2.98. The molecule has 0 fully saturated rings. The molecule has 0 saturated heterocycles. The molecule has 0 heterocycles. The number of allylic oxidation sites excluding steroid dienone is 1. The normalized spacial score (nSPS) is 11.3. The minimum Gasteiger partial charge on any atom is -0.497 e. The van der Waals surface area contributed by atoms with Crippen molar-refractivity contribution in [1.82, 2.24) is 0 Å². The highest BCUT2D eigenvalue weighted by Gasteiger charge is 1.99. The maximum Gasteiger partial charge on any atom is 0.118 e. The van der Waals surface area contributed by atoms with Gasteiger partial charge < -0.3 is 4.74 Å². The molecule has 0 N–H and O–H groups in total. The molecule has 0 saturated carbocycles. The van der Waals surface area contributed by atoms with Gasteiger partial charge in [-0.3, -0.25) is 0 Å². The molecule has 0 unspecified atom stereocenters. The van der Waals surface area contributed by atoms with Crippen molar-refractivity contribution < 1.29 is 4.74 Å². The average Bonchev–Trinajstić information content (AvgIpc) is 2.46. The second-order valence-corrected chi connectivity index (χ2v) is 4.16. The summed E-state index contributed by atoms with van der Waals surface area (Å²) in [5.74, 6) is 0.893. The summed E-state index contributed by atoms with van der Waals surface area (Å²) in [7, 11) is 1.69. The molecule has 0 aliphatic heterocycles. The fourth-order valence-electron chi connectivity index (χ4n) is 1.94. The number of hydrogen-bond donors (Lipinski definition) is 0. The van der Waals surface area contributed by atoms with E-state index in [1.807, 2.05) is 18.2 Å². The first-order valence-corrected chi connectivity index (χ1v) is 6.23. The number of rotatable bonds is 4. The van der Waals surface area contributed by atoms with Gasteiger partial charge in [0.2, 0.25) is 0 Å². The van der Waals surface area contributed by atoms with Crippen LogP contribution in [0.2, 0.25) is 0 Å². The Morgan fingerprint density at radius 3 is 2.22 bits per heavy atom. The van der Waals surface area contributed by atoms with E-state index in [1.165, 1.54) is 16.7 Å². The van der Waals surface area contributed by atoms with Gasteiger partial charge in [0.1, 0.15) is 5.75 Å². The zero-order chi connectivity index (χ0) is 12.8. The van der Waals surface area contributed by atoms with Crippen LogP contribution >= 0.6 is 0 Å². The Bertz CT molecular complexity index is 509. The van der Waals surface area contributed by atoms with Crippen molar-refractivity contribution in [1.29, 1.82) is 0 Å². The van der Waals surface area contributed by atoms with Crippen LogP contribution in [0.4, 0.5) is 0 Å². The maximum atomic E-state index is 5.16. The second kappa shape index (κ2) is 6.06. The quantitative estimate of drug-likeness (QED) is 0.705. The van der Waals surface area contributed by atoms with E-state index in [9.17, 15) is 0 Å². The van der Waals surface area contributed by atoms with Gasteiger partial charge in [-0.1, -0.05) is 55.5 Å². The minimum atomic E-state index is 0.893. The molecular weight excluding hydrogens is 220 g/mol. The standard InChI is InChI=1S/C17H18O/c1-3-15(16-7-5-4-6-8-16)13-14-9-11-17(18-2)12-10-14/h4-13H,3H2,1-2H3. The summed E-state index contributed by atoms with van der Waals surface area (Å²) in [5.41, 5.74) is 3.84. The van der Waals surface area contributed by atoms with E-state index in [1.54, 1.807) is 7.11 Å². The van der Waals surface area contributed by atoms with Crippen LogP contribution in [-0.2, 0) is 0 Å². The third kappa shape index (κ3) is 3.01. The van der Waals surface area contributed by atoms with Crippen molar-refractivity contribution in [2.75, 3.05) is 7.11 Å². The maximum absolute atomic E-state index is 5.16. The Hall–Kier alpha value is -2.02. The van der Waals surface area contributed by atoms with Crippen LogP contribution in [0.5, 0.6) is 5.75 Å². The van der Waals surface area contributed by atoms with Crippen molar-refractivity contribution in [2.24, 2.45) is 0 Å². The molecule has 2 aromatic carbocycles. The van der Waals surface area contributed by atoms with Gasteiger partial charge >= 0.3 is 0 Å². The lowest BCUT2D eigenvalue weighted by molar-refractivity contribution is 0.415. The van der Waals surface area contributed by atoms with Crippen molar-refractivity contribution >= 4 is 11.6 Å². The second-order valence-electron chi connectivity index (χ2n) is 4.16. The Balaban J connectivity index is 2.29. The van der Waals surface area contributed by atoms with Crippen molar-refractivity contribution in [3.63, 3.8) is 0 Å². The Morgan fingerprint density at radius 1 is 1.00 bits per heavy atom. The average molecular weight is 238 g/mol. The minimum absolute atomic E-state index is 0.893. The van der Waals surface area contributed by atoms with Crippen LogP contribution in [0.3, 0.4) is 0 Å². The lowest BCUT2D eigenvalue weighted by atomic mass is 10.0. The van der Waals surface area contributed by atoms with E-state index in [4.69, 9.17) is 4.74 Å². The first-order chi connectivity index (χ1) is 8.83. The SMILES string of the molecule is CCC(=Cc1ccc(OC)cc1)c1ccccc1. The molecule has 1 nitrogen and oxygen atoms in total. The summed E-state index contributed by atoms with van der Waals surface area (Å²) in [6, 6.07) is 18.6. The molecule has 2 aromatic rings. The van der Waals surface area contributed by atoms with E-state index in [0.29, 0.717) is 0 Å². The van der Waals surface area contributed by atoms with Gasteiger partial charge in [0.05, 0.1) is 7.11 Å². The van der Waals surface area contributed by atoms with Gasteiger partial charge in [0.25, 0.3) is 0 Å². The zero-order valence-corrected chi connectivity index (χ0v) is 10.9. The monoisotopic (exact) mass is 238 g/mol. The first-order valence-electron chi connectivity index (χ1n) is 6.23. The number of hydrogen-bond acceptors (Lipinski definition) is 1. The van der Waals surface area contributed by atoms with Crippen LogP contribution in [0, 0.1) is 0 Å². The molecule has 1 heteroatoms. The Kier molecular flexibility index (Phi) is 4.19. The van der Waals surface area contributed by atoms with Gasteiger partial charge in [-0.15, -0.1) is 0 Å². The zero-order valence-electron chi connectivity index (χ0n) is 10.9. The van der Waals surface area contributed by atoms with E-state index in [2.05, 4.69) is 49.4 Å². The Labute approximate surface area is 109 Å². The van der Waals surface area contributed by atoms with Crippen molar-refractivity contribution in [3.8, 4) is 5.75 Å². The summed E-state index contributed by atoms with van der Waals surface area (Å²) >= 11 is 0. The number of methoxy groups -OCH3 is 1. The molecule has 0 radical (unpaired) electrons. The van der Waals surface area contributed by atoms with E-state index in [-0.39, 0.29) is 0 Å². The summed E-state index contributed by atoms with van der Waals surface area (Å²) in [5, 5.41) is 0. The number of ether oxygens (including phenoxy) is 1. The third-order valence-corrected chi connectivity index (χ3v) is 2.98. The molecule has 92 valence electrons. The highest BCUT2D eigenvalue weighted by molar-refractivity contribution is 5.81. The van der Waals surface area contributed by atoms with Gasteiger partial charge in [-0.25, -0.2) is 0 Å². The van der Waals surface area contributed by atoms with Crippen molar-refractivity contribution in [2.45, 2.75) is 13.3 Å². The molecule has 18 heavy (non-hydrogen) atoms. The van der Waals surface area contributed by atoms with Crippen LogP contribution in [0.25, 0.3) is 11.6 Å². The molecule has 0 amide bonds. The van der Waals surface area contributed by atoms with Crippen LogP contribution in [-0.4, -0.2) is 7.11 Å².